The van der Waals surface area contributed by atoms with Gasteiger partial charge < -0.3 is 15.0 Å². The van der Waals surface area contributed by atoms with Crippen molar-refractivity contribution in [1.82, 2.24) is 29.4 Å². The van der Waals surface area contributed by atoms with Crippen LogP contribution in [0.1, 0.15) is 5.56 Å². The number of ether oxygens (including phenoxy) is 1. The van der Waals surface area contributed by atoms with Crippen LogP contribution < -0.4 is 10.2 Å². The lowest BCUT2D eigenvalue weighted by Crippen LogP contribution is -2.36. The fraction of sp³-hybridized carbons (Fsp3) is 0.200. The van der Waals surface area contributed by atoms with Gasteiger partial charge >= 0.3 is 0 Å². The van der Waals surface area contributed by atoms with E-state index in [0.717, 1.165) is 43.2 Å². The van der Waals surface area contributed by atoms with Crippen LogP contribution in [0.4, 0.5) is 17.3 Å². The molecule has 1 aliphatic heterocycles. The Labute approximate surface area is 196 Å². The molecular weight excluding hydrogens is 428 g/mol. The van der Waals surface area contributed by atoms with Crippen molar-refractivity contribution in [1.29, 1.82) is 0 Å². The molecule has 0 unspecified atom stereocenters. The molecular formula is C25H24N8O. The van der Waals surface area contributed by atoms with Gasteiger partial charge in [0.15, 0.2) is 5.65 Å². The van der Waals surface area contributed by atoms with Crippen LogP contribution in [0, 0.1) is 0 Å². The predicted octanol–water partition coefficient (Wildman–Crippen LogP) is 3.62. The van der Waals surface area contributed by atoms with E-state index in [0.29, 0.717) is 18.1 Å². The highest BCUT2D eigenvalue weighted by Crippen LogP contribution is 2.24. The van der Waals surface area contributed by atoms with E-state index in [1.807, 2.05) is 47.4 Å². The van der Waals surface area contributed by atoms with Crippen molar-refractivity contribution in [3.8, 4) is 11.3 Å². The quantitative estimate of drug-likeness (QED) is 0.421. The summed E-state index contributed by atoms with van der Waals surface area (Å²) < 4.78 is 9.08. The van der Waals surface area contributed by atoms with Gasteiger partial charge in [-0.1, -0.05) is 30.3 Å². The molecule has 1 N–H and O–H groups in total. The number of hydrogen-bond acceptors (Lipinski definition) is 7. The molecule has 9 heteroatoms. The normalized spacial score (nSPS) is 13.9. The number of fused-ring (bicyclic) bond motifs is 1. The van der Waals surface area contributed by atoms with Crippen LogP contribution in [-0.2, 0) is 11.3 Å². The molecule has 0 bridgehead atoms. The summed E-state index contributed by atoms with van der Waals surface area (Å²) in [6.07, 6.45) is 7.33. The smallest absolute Gasteiger partial charge is 0.247 e. The van der Waals surface area contributed by atoms with Crippen molar-refractivity contribution in [3.05, 3.63) is 84.9 Å². The molecule has 0 radical (unpaired) electrons. The predicted molar refractivity (Wildman–Crippen MR) is 130 cm³/mol. The second kappa shape index (κ2) is 8.95. The summed E-state index contributed by atoms with van der Waals surface area (Å²) in [5.41, 5.74) is 5.63. The first-order valence-corrected chi connectivity index (χ1v) is 11.3. The van der Waals surface area contributed by atoms with E-state index in [-0.39, 0.29) is 0 Å². The Kier molecular flexibility index (Phi) is 5.36. The van der Waals surface area contributed by atoms with Crippen LogP contribution in [0.3, 0.4) is 0 Å². The molecule has 0 amide bonds. The highest BCUT2D eigenvalue weighted by Gasteiger charge is 2.14. The summed E-state index contributed by atoms with van der Waals surface area (Å²) in [7, 11) is 0. The number of hydrogen-bond donors (Lipinski definition) is 1. The Balaban J connectivity index is 1.22. The molecule has 0 saturated carbocycles. The van der Waals surface area contributed by atoms with Crippen molar-refractivity contribution < 1.29 is 4.74 Å². The van der Waals surface area contributed by atoms with Crippen LogP contribution in [0.15, 0.2) is 79.4 Å². The first kappa shape index (κ1) is 20.4. The molecule has 1 saturated heterocycles. The molecule has 1 aliphatic rings. The minimum absolute atomic E-state index is 0.519. The summed E-state index contributed by atoms with van der Waals surface area (Å²) in [6, 6.07) is 18.6. The monoisotopic (exact) mass is 452 g/mol. The van der Waals surface area contributed by atoms with E-state index in [2.05, 4.69) is 49.7 Å². The Bertz CT molecular complexity index is 1390. The number of nitrogens with one attached hydrogen (secondary N) is 1. The maximum atomic E-state index is 5.44. The Hall–Kier alpha value is -4.24. The molecule has 9 nitrogen and oxygen atoms in total. The molecule has 170 valence electrons. The topological polar surface area (TPSA) is 85.4 Å². The van der Waals surface area contributed by atoms with Gasteiger partial charge in [0.1, 0.15) is 5.69 Å². The van der Waals surface area contributed by atoms with E-state index in [4.69, 9.17) is 9.72 Å². The highest BCUT2D eigenvalue weighted by atomic mass is 16.5. The van der Waals surface area contributed by atoms with Gasteiger partial charge in [-0.15, -0.1) is 5.10 Å². The Morgan fingerprint density at radius 3 is 2.62 bits per heavy atom. The van der Waals surface area contributed by atoms with Crippen molar-refractivity contribution in [3.63, 3.8) is 0 Å². The summed E-state index contributed by atoms with van der Waals surface area (Å²) in [6.45, 7) is 4.07. The third-order valence-electron chi connectivity index (χ3n) is 5.85. The number of nitrogens with zero attached hydrogens (tertiary/aromatic N) is 7. The SMILES string of the molecule is c1ccc(Cn2cc(-c3nccn4nc(Nc5ccc(N6CCOCC6)cc5)nc34)cn2)cc1. The Morgan fingerprint density at radius 1 is 0.971 bits per heavy atom. The second-order valence-corrected chi connectivity index (χ2v) is 8.16. The van der Waals surface area contributed by atoms with Crippen molar-refractivity contribution >= 4 is 23.0 Å². The third-order valence-corrected chi connectivity index (χ3v) is 5.85. The first-order chi connectivity index (χ1) is 16.8. The van der Waals surface area contributed by atoms with Crippen LogP contribution in [0.5, 0.6) is 0 Å². The van der Waals surface area contributed by atoms with Crippen LogP contribution in [-0.4, -0.2) is 55.7 Å². The van der Waals surface area contributed by atoms with Crippen LogP contribution in [0.2, 0.25) is 0 Å². The molecule has 6 rings (SSSR count). The number of rotatable bonds is 6. The van der Waals surface area contributed by atoms with Crippen LogP contribution >= 0.6 is 0 Å². The minimum Gasteiger partial charge on any atom is -0.378 e. The van der Waals surface area contributed by atoms with E-state index in [1.54, 1.807) is 16.9 Å². The molecule has 0 spiro atoms. The lowest BCUT2D eigenvalue weighted by Gasteiger charge is -2.28. The van der Waals surface area contributed by atoms with Gasteiger partial charge in [-0.25, -0.2) is 4.52 Å². The fourth-order valence-corrected chi connectivity index (χ4v) is 4.12. The van der Waals surface area contributed by atoms with Crippen LogP contribution in [0.25, 0.3) is 16.9 Å². The summed E-state index contributed by atoms with van der Waals surface area (Å²) in [4.78, 5) is 11.6. The van der Waals surface area contributed by atoms with Gasteiger partial charge in [0.25, 0.3) is 0 Å². The van der Waals surface area contributed by atoms with Crippen molar-refractivity contribution in [2.24, 2.45) is 0 Å². The van der Waals surface area contributed by atoms with Gasteiger partial charge in [-0.3, -0.25) is 9.67 Å². The molecule has 1 fully saturated rings. The largest absolute Gasteiger partial charge is 0.378 e. The zero-order valence-corrected chi connectivity index (χ0v) is 18.6. The maximum Gasteiger partial charge on any atom is 0.247 e. The lowest BCUT2D eigenvalue weighted by atomic mass is 10.2. The number of aromatic nitrogens is 6. The average molecular weight is 453 g/mol. The minimum atomic E-state index is 0.519. The lowest BCUT2D eigenvalue weighted by molar-refractivity contribution is 0.122. The van der Waals surface area contributed by atoms with Gasteiger partial charge in [-0.2, -0.15) is 10.1 Å². The van der Waals surface area contributed by atoms with Crippen molar-refractivity contribution in [2.75, 3.05) is 36.5 Å². The molecule has 2 aromatic carbocycles. The number of anilines is 3. The molecule has 0 atom stereocenters. The summed E-state index contributed by atoms with van der Waals surface area (Å²) >= 11 is 0. The zero-order chi connectivity index (χ0) is 22.7. The molecule has 34 heavy (non-hydrogen) atoms. The summed E-state index contributed by atoms with van der Waals surface area (Å²) in [5.74, 6) is 0.519. The number of benzene rings is 2. The average Bonchev–Trinajstić information content (AvgIpc) is 3.52. The van der Waals surface area contributed by atoms with E-state index >= 15 is 0 Å². The number of morpholine rings is 1. The molecule has 0 aliphatic carbocycles. The van der Waals surface area contributed by atoms with Crippen molar-refractivity contribution in [2.45, 2.75) is 6.54 Å². The van der Waals surface area contributed by atoms with Gasteiger partial charge in [0.2, 0.25) is 5.95 Å². The molecule has 4 heterocycles. The fourth-order valence-electron chi connectivity index (χ4n) is 4.12. The maximum absolute atomic E-state index is 5.44. The molecule has 3 aromatic heterocycles. The Morgan fingerprint density at radius 2 is 1.79 bits per heavy atom. The van der Waals surface area contributed by atoms with Gasteiger partial charge in [0, 0.05) is 48.6 Å². The summed E-state index contributed by atoms with van der Waals surface area (Å²) in [5, 5.41) is 12.4. The van der Waals surface area contributed by atoms with E-state index in [1.165, 1.54) is 11.3 Å². The molecule has 5 aromatic rings. The van der Waals surface area contributed by atoms with Gasteiger partial charge in [-0.05, 0) is 29.8 Å². The van der Waals surface area contributed by atoms with E-state index < -0.39 is 0 Å². The third kappa shape index (κ3) is 4.20. The standard InChI is InChI=1S/C25H24N8O/c1-2-4-19(5-3-1)17-32-18-20(16-27-32)23-24-29-25(30-33(24)11-10-26-23)28-21-6-8-22(9-7-21)31-12-14-34-15-13-31/h1-11,16,18H,12-15,17H2,(H,28,30). The zero-order valence-electron chi connectivity index (χ0n) is 18.6. The first-order valence-electron chi connectivity index (χ1n) is 11.3. The highest BCUT2D eigenvalue weighted by molar-refractivity contribution is 5.73. The van der Waals surface area contributed by atoms with Gasteiger partial charge in [0.05, 0.1) is 26.0 Å². The second-order valence-electron chi connectivity index (χ2n) is 8.16. The van der Waals surface area contributed by atoms with E-state index in [9.17, 15) is 0 Å².